The van der Waals surface area contributed by atoms with Crippen molar-refractivity contribution in [3.63, 3.8) is 0 Å². The van der Waals surface area contributed by atoms with Gasteiger partial charge in [-0.05, 0) is 24.1 Å². The third kappa shape index (κ3) is 3.17. The molecule has 2 rings (SSSR count). The molecule has 0 aliphatic heterocycles. The molecular formula is C15H14BrNO3. The van der Waals surface area contributed by atoms with E-state index in [1.54, 1.807) is 18.2 Å². The number of ether oxygens (including phenoxy) is 1. The lowest BCUT2D eigenvalue weighted by molar-refractivity contribution is -0.385. The molecule has 0 atom stereocenters. The lowest BCUT2D eigenvalue weighted by atomic mass is 10.1. The van der Waals surface area contributed by atoms with Gasteiger partial charge in [0.05, 0.1) is 4.92 Å². The molecule has 2 aromatic rings. The van der Waals surface area contributed by atoms with E-state index in [0.29, 0.717) is 11.1 Å². The molecule has 5 heteroatoms. The van der Waals surface area contributed by atoms with E-state index in [-0.39, 0.29) is 11.4 Å². The smallest absolute Gasteiger partial charge is 0.311 e. The predicted octanol–water partition coefficient (Wildman–Crippen LogP) is 4.84. The number of nitro benzene ring substituents is 1. The molecular weight excluding hydrogens is 322 g/mol. The molecule has 0 N–H and O–H groups in total. The monoisotopic (exact) mass is 335 g/mol. The molecule has 0 unspecified atom stereocenters. The van der Waals surface area contributed by atoms with Crippen molar-refractivity contribution in [3.8, 4) is 11.5 Å². The topological polar surface area (TPSA) is 52.4 Å². The van der Waals surface area contributed by atoms with Crippen molar-refractivity contribution in [1.82, 2.24) is 0 Å². The van der Waals surface area contributed by atoms with Crippen LogP contribution in [0.15, 0.2) is 42.5 Å². The summed E-state index contributed by atoms with van der Waals surface area (Å²) in [6, 6.07) is 12.5. The van der Waals surface area contributed by atoms with E-state index >= 15 is 0 Å². The van der Waals surface area contributed by atoms with Gasteiger partial charge >= 0.3 is 5.69 Å². The Morgan fingerprint density at radius 3 is 2.60 bits per heavy atom. The van der Waals surface area contributed by atoms with Crippen molar-refractivity contribution in [2.75, 3.05) is 0 Å². The van der Waals surface area contributed by atoms with Crippen LogP contribution in [-0.2, 0) is 11.8 Å². The minimum Gasteiger partial charge on any atom is -0.450 e. The summed E-state index contributed by atoms with van der Waals surface area (Å²) in [7, 11) is 0. The summed E-state index contributed by atoms with van der Waals surface area (Å²) < 4.78 is 5.72. The first-order valence-corrected chi connectivity index (χ1v) is 7.37. The SMILES string of the molecule is CCc1ccc(Oc2ccccc2CBr)c([N+](=O)[O-])c1. The quantitative estimate of drug-likeness (QED) is 0.446. The number of alkyl halides is 1. The van der Waals surface area contributed by atoms with Gasteiger partial charge in [0.25, 0.3) is 0 Å². The fourth-order valence-corrected chi connectivity index (χ4v) is 2.31. The zero-order valence-corrected chi connectivity index (χ0v) is 12.6. The largest absolute Gasteiger partial charge is 0.450 e. The highest BCUT2D eigenvalue weighted by molar-refractivity contribution is 9.08. The van der Waals surface area contributed by atoms with Gasteiger partial charge in [0.15, 0.2) is 0 Å². The number of halogens is 1. The fourth-order valence-electron chi connectivity index (χ4n) is 1.84. The van der Waals surface area contributed by atoms with Crippen molar-refractivity contribution >= 4 is 21.6 Å². The van der Waals surface area contributed by atoms with Crippen LogP contribution in [0.25, 0.3) is 0 Å². The Morgan fingerprint density at radius 2 is 1.95 bits per heavy atom. The predicted molar refractivity (Wildman–Crippen MR) is 81.6 cm³/mol. The van der Waals surface area contributed by atoms with Crippen LogP contribution < -0.4 is 4.74 Å². The van der Waals surface area contributed by atoms with E-state index in [1.165, 1.54) is 0 Å². The molecule has 104 valence electrons. The molecule has 0 spiro atoms. The van der Waals surface area contributed by atoms with E-state index in [0.717, 1.165) is 17.5 Å². The highest BCUT2D eigenvalue weighted by Gasteiger charge is 2.17. The van der Waals surface area contributed by atoms with Crippen molar-refractivity contribution in [2.24, 2.45) is 0 Å². The van der Waals surface area contributed by atoms with Gasteiger partial charge in [-0.15, -0.1) is 0 Å². The van der Waals surface area contributed by atoms with Crippen LogP contribution in [-0.4, -0.2) is 4.92 Å². The zero-order valence-electron chi connectivity index (χ0n) is 11.0. The van der Waals surface area contributed by atoms with Gasteiger partial charge in [0.1, 0.15) is 5.75 Å². The lowest BCUT2D eigenvalue weighted by Gasteiger charge is -2.10. The van der Waals surface area contributed by atoms with E-state index < -0.39 is 4.92 Å². The highest BCUT2D eigenvalue weighted by atomic mass is 79.9. The summed E-state index contributed by atoms with van der Waals surface area (Å²) in [5.41, 5.74) is 1.85. The molecule has 0 aromatic heterocycles. The average Bonchev–Trinajstić information content (AvgIpc) is 2.48. The summed E-state index contributed by atoms with van der Waals surface area (Å²) in [5, 5.41) is 11.8. The van der Waals surface area contributed by atoms with Gasteiger partial charge < -0.3 is 4.74 Å². The van der Waals surface area contributed by atoms with Crippen LogP contribution >= 0.6 is 15.9 Å². The second-order valence-corrected chi connectivity index (χ2v) is 4.82. The van der Waals surface area contributed by atoms with Gasteiger partial charge in [0, 0.05) is 17.0 Å². The van der Waals surface area contributed by atoms with Crippen LogP contribution in [0, 0.1) is 10.1 Å². The fraction of sp³-hybridized carbons (Fsp3) is 0.200. The Balaban J connectivity index is 2.40. The Bertz CT molecular complexity index is 628. The summed E-state index contributed by atoms with van der Waals surface area (Å²) in [5.74, 6) is 0.886. The lowest BCUT2D eigenvalue weighted by Crippen LogP contribution is -1.96. The first kappa shape index (κ1) is 14.5. The van der Waals surface area contributed by atoms with Crippen molar-refractivity contribution in [1.29, 1.82) is 0 Å². The number of hydrogen-bond acceptors (Lipinski definition) is 3. The van der Waals surface area contributed by atoms with E-state index in [9.17, 15) is 10.1 Å². The normalized spacial score (nSPS) is 10.3. The third-order valence-electron chi connectivity index (χ3n) is 2.96. The molecule has 0 saturated heterocycles. The molecule has 0 radical (unpaired) electrons. The van der Waals surface area contributed by atoms with Gasteiger partial charge in [-0.1, -0.05) is 47.1 Å². The second-order valence-electron chi connectivity index (χ2n) is 4.26. The summed E-state index contributed by atoms with van der Waals surface area (Å²) >= 11 is 3.38. The Labute approximate surface area is 125 Å². The van der Waals surface area contributed by atoms with E-state index in [2.05, 4.69) is 15.9 Å². The number of benzene rings is 2. The Morgan fingerprint density at radius 1 is 1.20 bits per heavy atom. The molecule has 20 heavy (non-hydrogen) atoms. The van der Waals surface area contributed by atoms with Crippen LogP contribution in [0.2, 0.25) is 0 Å². The number of nitrogens with zero attached hydrogens (tertiary/aromatic N) is 1. The molecule has 0 aliphatic carbocycles. The number of rotatable bonds is 5. The summed E-state index contributed by atoms with van der Waals surface area (Å²) in [6.07, 6.45) is 0.749. The van der Waals surface area contributed by atoms with Crippen LogP contribution in [0.1, 0.15) is 18.1 Å². The molecule has 0 fully saturated rings. The maximum atomic E-state index is 11.2. The zero-order chi connectivity index (χ0) is 14.5. The molecule has 0 saturated carbocycles. The van der Waals surface area contributed by atoms with Gasteiger partial charge in [-0.3, -0.25) is 10.1 Å². The summed E-state index contributed by atoms with van der Waals surface area (Å²) in [6.45, 7) is 1.96. The van der Waals surface area contributed by atoms with Gasteiger partial charge in [-0.25, -0.2) is 0 Å². The van der Waals surface area contributed by atoms with E-state index in [4.69, 9.17) is 4.74 Å². The number of aryl methyl sites for hydroxylation is 1. The maximum absolute atomic E-state index is 11.2. The molecule has 0 aliphatic rings. The molecule has 0 heterocycles. The Hall–Kier alpha value is -1.88. The molecule has 0 amide bonds. The summed E-state index contributed by atoms with van der Waals surface area (Å²) in [4.78, 5) is 10.7. The number of nitro groups is 1. The first-order valence-electron chi connectivity index (χ1n) is 6.24. The van der Waals surface area contributed by atoms with Crippen LogP contribution in [0.5, 0.6) is 11.5 Å². The third-order valence-corrected chi connectivity index (χ3v) is 3.57. The van der Waals surface area contributed by atoms with Crippen molar-refractivity contribution in [3.05, 3.63) is 63.7 Å². The first-order chi connectivity index (χ1) is 9.65. The number of para-hydroxylation sites is 1. The minimum absolute atomic E-state index is 0.00581. The Kier molecular flexibility index (Phi) is 4.74. The highest BCUT2D eigenvalue weighted by Crippen LogP contribution is 2.34. The van der Waals surface area contributed by atoms with Gasteiger partial charge in [-0.2, -0.15) is 0 Å². The molecule has 2 aromatic carbocycles. The number of hydrogen-bond donors (Lipinski definition) is 0. The standard InChI is InChI=1S/C15H14BrNO3/c1-2-11-7-8-15(13(9-11)17(18)19)20-14-6-4-3-5-12(14)10-16/h3-9H,2,10H2,1H3. The minimum atomic E-state index is -0.411. The van der Waals surface area contributed by atoms with Gasteiger partial charge in [0.2, 0.25) is 5.75 Å². The second kappa shape index (κ2) is 6.52. The van der Waals surface area contributed by atoms with Crippen molar-refractivity contribution < 1.29 is 9.66 Å². The molecule has 4 nitrogen and oxygen atoms in total. The average molecular weight is 336 g/mol. The maximum Gasteiger partial charge on any atom is 0.311 e. The molecule has 0 bridgehead atoms. The van der Waals surface area contributed by atoms with Crippen LogP contribution in [0.4, 0.5) is 5.69 Å². The van der Waals surface area contributed by atoms with Crippen molar-refractivity contribution in [2.45, 2.75) is 18.7 Å². The van der Waals surface area contributed by atoms with Crippen LogP contribution in [0.3, 0.4) is 0 Å². The van der Waals surface area contributed by atoms with E-state index in [1.807, 2.05) is 31.2 Å².